The molecule has 1 amide bonds. The normalized spacial score (nSPS) is 10.8. The van der Waals surface area contributed by atoms with Gasteiger partial charge in [0.1, 0.15) is 5.01 Å². The van der Waals surface area contributed by atoms with Gasteiger partial charge in [0.05, 0.1) is 0 Å². The Bertz CT molecular complexity index is 570. The van der Waals surface area contributed by atoms with Crippen molar-refractivity contribution in [2.45, 2.75) is 19.3 Å². The molecule has 7 heteroatoms. The van der Waals surface area contributed by atoms with Crippen LogP contribution in [0.4, 0.5) is 5.13 Å². The topological polar surface area (TPSA) is 71.0 Å². The van der Waals surface area contributed by atoms with E-state index >= 15 is 0 Å². The molecule has 0 unspecified atom stereocenters. The first-order valence-electron chi connectivity index (χ1n) is 6.79. The predicted molar refractivity (Wildman–Crippen MR) is 83.4 cm³/mol. The lowest BCUT2D eigenvalue weighted by Gasteiger charge is -2.05. The summed E-state index contributed by atoms with van der Waals surface area (Å²) in [6, 6.07) is 3.83. The van der Waals surface area contributed by atoms with Gasteiger partial charge in [0, 0.05) is 31.8 Å². The zero-order chi connectivity index (χ0) is 15.1. The van der Waals surface area contributed by atoms with Gasteiger partial charge in [-0.1, -0.05) is 17.4 Å². The number of rotatable bonds is 7. The van der Waals surface area contributed by atoms with Crippen molar-refractivity contribution in [1.29, 1.82) is 0 Å². The molecule has 0 fully saturated rings. The van der Waals surface area contributed by atoms with Crippen LogP contribution in [-0.4, -0.2) is 46.6 Å². The molecule has 1 N–H and O–H groups in total. The number of aromatic nitrogens is 3. The Labute approximate surface area is 128 Å². The first-order chi connectivity index (χ1) is 10.1. The fraction of sp³-hybridized carbons (Fsp3) is 0.429. The molecule has 0 saturated heterocycles. The van der Waals surface area contributed by atoms with Crippen LogP contribution < -0.4 is 5.32 Å². The maximum absolute atomic E-state index is 11.9. The van der Waals surface area contributed by atoms with E-state index in [0.717, 1.165) is 23.5 Å². The van der Waals surface area contributed by atoms with Crippen LogP contribution in [0.15, 0.2) is 24.5 Å². The highest BCUT2D eigenvalue weighted by molar-refractivity contribution is 7.15. The van der Waals surface area contributed by atoms with Gasteiger partial charge in [-0.15, -0.1) is 10.2 Å². The molecule has 0 bridgehead atoms. The Hall–Kier alpha value is -1.86. The number of nitrogens with one attached hydrogen (secondary N) is 1. The van der Waals surface area contributed by atoms with Crippen molar-refractivity contribution in [2.75, 3.05) is 26.0 Å². The van der Waals surface area contributed by atoms with Crippen LogP contribution in [0.5, 0.6) is 0 Å². The number of nitrogens with zero attached hydrogens (tertiary/aromatic N) is 4. The summed E-state index contributed by atoms with van der Waals surface area (Å²) in [5.74, 6) is -0.0471. The Morgan fingerprint density at radius 2 is 2.19 bits per heavy atom. The molecule has 112 valence electrons. The summed E-state index contributed by atoms with van der Waals surface area (Å²) in [7, 11) is 4.03. The molecule has 6 nitrogen and oxygen atoms in total. The number of likely N-dealkylation sites (N-methyl/N-ethyl adjacent to an activating group) is 1. The smallest absolute Gasteiger partial charge is 0.226 e. The lowest BCUT2D eigenvalue weighted by atomic mass is 10.1. The van der Waals surface area contributed by atoms with Crippen LogP contribution in [0.3, 0.4) is 0 Å². The van der Waals surface area contributed by atoms with Gasteiger partial charge in [-0.25, -0.2) is 0 Å². The van der Waals surface area contributed by atoms with Gasteiger partial charge in [-0.05, 0) is 32.1 Å². The van der Waals surface area contributed by atoms with Crippen molar-refractivity contribution >= 4 is 22.4 Å². The van der Waals surface area contributed by atoms with E-state index in [1.807, 2.05) is 26.2 Å². The molecule has 0 atom stereocenters. The molecule has 0 aliphatic heterocycles. The largest absolute Gasteiger partial charge is 0.309 e. The van der Waals surface area contributed by atoms with E-state index < -0.39 is 0 Å². The van der Waals surface area contributed by atoms with Crippen LogP contribution in [-0.2, 0) is 17.6 Å². The Balaban J connectivity index is 1.77. The maximum atomic E-state index is 11.9. The number of hydrogen-bond acceptors (Lipinski definition) is 6. The molecule has 2 aromatic rings. The minimum absolute atomic E-state index is 0.0471. The van der Waals surface area contributed by atoms with E-state index in [2.05, 4.69) is 25.4 Å². The Morgan fingerprint density at radius 1 is 1.33 bits per heavy atom. The number of amides is 1. The van der Waals surface area contributed by atoms with E-state index in [9.17, 15) is 4.79 Å². The van der Waals surface area contributed by atoms with Crippen LogP contribution in [0.25, 0.3) is 0 Å². The fourth-order valence-corrected chi connectivity index (χ4v) is 2.45. The monoisotopic (exact) mass is 305 g/mol. The summed E-state index contributed by atoms with van der Waals surface area (Å²) in [6.45, 7) is 0.920. The second kappa shape index (κ2) is 7.80. The number of carbonyl (C=O) groups excluding carboxylic acids is 1. The molecule has 0 aliphatic rings. The molecule has 0 spiro atoms. The van der Waals surface area contributed by atoms with Crippen LogP contribution in [0.1, 0.15) is 17.0 Å². The van der Waals surface area contributed by atoms with Crippen molar-refractivity contribution in [1.82, 2.24) is 20.1 Å². The number of pyridine rings is 1. The van der Waals surface area contributed by atoms with Crippen LogP contribution >= 0.6 is 11.3 Å². The zero-order valence-electron chi connectivity index (χ0n) is 12.2. The van der Waals surface area contributed by atoms with Gasteiger partial charge >= 0.3 is 0 Å². The van der Waals surface area contributed by atoms with Gasteiger partial charge < -0.3 is 10.2 Å². The van der Waals surface area contributed by atoms with Crippen LogP contribution in [0.2, 0.25) is 0 Å². The average Bonchev–Trinajstić information content (AvgIpc) is 2.91. The van der Waals surface area contributed by atoms with Gasteiger partial charge in [-0.2, -0.15) is 0 Å². The van der Waals surface area contributed by atoms with Crippen molar-refractivity contribution < 1.29 is 4.79 Å². The van der Waals surface area contributed by atoms with Crippen molar-refractivity contribution in [3.8, 4) is 0 Å². The molecule has 0 radical (unpaired) electrons. The minimum Gasteiger partial charge on any atom is -0.309 e. The summed E-state index contributed by atoms with van der Waals surface area (Å²) in [6.07, 6.45) is 5.43. The quantitative estimate of drug-likeness (QED) is 0.841. The highest BCUT2D eigenvalue weighted by Gasteiger charge is 2.08. The first-order valence-corrected chi connectivity index (χ1v) is 7.61. The maximum Gasteiger partial charge on any atom is 0.226 e. The molecule has 2 rings (SSSR count). The molecule has 21 heavy (non-hydrogen) atoms. The molecule has 2 aromatic heterocycles. The highest BCUT2D eigenvalue weighted by atomic mass is 32.1. The fourth-order valence-electron chi connectivity index (χ4n) is 1.71. The second-order valence-electron chi connectivity index (χ2n) is 4.96. The average molecular weight is 305 g/mol. The third-order valence-electron chi connectivity index (χ3n) is 2.85. The molecule has 2 heterocycles. The number of carbonyl (C=O) groups is 1. The van der Waals surface area contributed by atoms with E-state index in [1.54, 1.807) is 12.4 Å². The third kappa shape index (κ3) is 5.57. The van der Waals surface area contributed by atoms with Gasteiger partial charge in [0.25, 0.3) is 0 Å². The molecular formula is C14H19N5OS. The second-order valence-corrected chi connectivity index (χ2v) is 6.03. The molecule has 0 saturated carbocycles. The first kappa shape index (κ1) is 15.5. The van der Waals surface area contributed by atoms with E-state index in [1.165, 1.54) is 11.3 Å². The minimum atomic E-state index is -0.0471. The molecule has 0 aromatic carbocycles. The lowest BCUT2D eigenvalue weighted by molar-refractivity contribution is -0.116. The summed E-state index contributed by atoms with van der Waals surface area (Å²) >= 11 is 1.43. The lowest BCUT2D eigenvalue weighted by Crippen LogP contribution is -2.14. The Morgan fingerprint density at radius 3 is 2.90 bits per heavy atom. The van der Waals surface area contributed by atoms with Crippen molar-refractivity contribution in [2.24, 2.45) is 0 Å². The van der Waals surface area contributed by atoms with Gasteiger partial charge in [0.15, 0.2) is 0 Å². The van der Waals surface area contributed by atoms with Crippen LogP contribution in [0, 0.1) is 0 Å². The van der Waals surface area contributed by atoms with E-state index in [0.29, 0.717) is 18.0 Å². The van der Waals surface area contributed by atoms with Gasteiger partial charge in [0.2, 0.25) is 11.0 Å². The molecular weight excluding hydrogens is 286 g/mol. The number of aryl methyl sites for hydroxylation is 1. The summed E-state index contributed by atoms with van der Waals surface area (Å²) in [5.41, 5.74) is 1.05. The summed E-state index contributed by atoms with van der Waals surface area (Å²) in [5, 5.41) is 12.4. The predicted octanol–water partition coefficient (Wildman–Crippen LogP) is 1.61. The van der Waals surface area contributed by atoms with E-state index in [4.69, 9.17) is 0 Å². The van der Waals surface area contributed by atoms with Crippen molar-refractivity contribution in [3.05, 3.63) is 35.1 Å². The zero-order valence-corrected chi connectivity index (χ0v) is 13.1. The number of anilines is 1. The summed E-state index contributed by atoms with van der Waals surface area (Å²) < 4.78 is 0. The molecule has 0 aliphatic carbocycles. The van der Waals surface area contributed by atoms with Crippen molar-refractivity contribution in [3.63, 3.8) is 0 Å². The Kier molecular flexibility index (Phi) is 5.77. The summed E-state index contributed by atoms with van der Waals surface area (Å²) in [4.78, 5) is 18.0. The van der Waals surface area contributed by atoms with E-state index in [-0.39, 0.29) is 5.91 Å². The SMILES string of the molecule is CN(C)CCc1nnc(NC(=O)CCc2cccnc2)s1. The van der Waals surface area contributed by atoms with Gasteiger partial charge in [-0.3, -0.25) is 9.78 Å². The highest BCUT2D eigenvalue weighted by Crippen LogP contribution is 2.16. The third-order valence-corrected chi connectivity index (χ3v) is 3.75. The standard InChI is InChI=1S/C14H19N5OS/c1-19(2)9-7-13-17-18-14(21-13)16-12(20)6-5-11-4-3-8-15-10-11/h3-4,8,10H,5-7,9H2,1-2H3,(H,16,18,20). The number of hydrogen-bond donors (Lipinski definition) is 1.